The molecular formula is C7H6IOSi. The van der Waals surface area contributed by atoms with Crippen LogP contribution >= 0.6 is 22.6 Å². The van der Waals surface area contributed by atoms with Crippen LogP contribution in [0.2, 0.25) is 0 Å². The number of hydrogen-bond acceptors (Lipinski definition) is 1. The minimum Gasteiger partial charge on any atom is -0.507 e. The van der Waals surface area contributed by atoms with E-state index in [1.54, 1.807) is 6.07 Å². The summed E-state index contributed by atoms with van der Waals surface area (Å²) in [7, 11) is 3.35. The van der Waals surface area contributed by atoms with E-state index in [1.165, 1.54) is 0 Å². The molecule has 0 aliphatic rings. The predicted octanol–water partition coefficient (Wildman–Crippen LogP) is 1.67. The van der Waals surface area contributed by atoms with Crippen molar-refractivity contribution in [3.05, 3.63) is 27.3 Å². The van der Waals surface area contributed by atoms with Crippen LogP contribution in [-0.4, -0.2) is 15.3 Å². The topological polar surface area (TPSA) is 20.2 Å². The van der Waals surface area contributed by atoms with Crippen molar-refractivity contribution in [3.63, 3.8) is 0 Å². The van der Waals surface area contributed by atoms with Crippen LogP contribution in [0.4, 0.5) is 0 Å². The van der Waals surface area contributed by atoms with E-state index in [9.17, 15) is 5.11 Å². The van der Waals surface area contributed by atoms with Gasteiger partial charge in [0.15, 0.2) is 0 Å². The number of benzene rings is 1. The fourth-order valence-electron chi connectivity index (χ4n) is 0.668. The number of phenols is 1. The fourth-order valence-corrected chi connectivity index (χ4v) is 1.22. The number of aromatic hydroxyl groups is 1. The molecule has 3 heteroatoms. The molecule has 0 atom stereocenters. The van der Waals surface area contributed by atoms with Gasteiger partial charge >= 0.3 is 0 Å². The zero-order valence-corrected chi connectivity index (χ0v) is 8.42. The van der Waals surface area contributed by atoms with Gasteiger partial charge in [-0.1, -0.05) is 6.07 Å². The van der Waals surface area contributed by atoms with Gasteiger partial charge in [-0.3, -0.25) is 0 Å². The molecule has 1 aromatic rings. The molecule has 0 aliphatic heterocycles. The molecule has 0 fully saturated rings. The molecule has 3 radical (unpaired) electrons. The first-order valence-corrected chi connectivity index (χ1v) is 4.64. The minimum atomic E-state index is 0.358. The Morgan fingerprint density at radius 2 is 2.20 bits per heavy atom. The summed E-state index contributed by atoms with van der Waals surface area (Å²) in [5.41, 5.74) is 1.09. The quantitative estimate of drug-likeness (QED) is 0.602. The monoisotopic (exact) mass is 261 g/mol. The molecular weight excluding hydrogens is 255 g/mol. The number of halogens is 1. The molecule has 0 heterocycles. The SMILES string of the molecule is Oc1cc(C[Si])ccc1I. The van der Waals surface area contributed by atoms with Gasteiger partial charge in [-0.15, -0.1) is 0 Å². The fraction of sp³-hybridized carbons (Fsp3) is 0.143. The van der Waals surface area contributed by atoms with E-state index in [-0.39, 0.29) is 0 Å². The molecule has 1 rings (SSSR count). The molecule has 1 nitrogen and oxygen atoms in total. The standard InChI is InChI=1S/C7H6IOSi/c8-6-2-1-5(4-10)3-7(6)9/h1-3,9H,4H2. The van der Waals surface area contributed by atoms with Crippen LogP contribution in [0.5, 0.6) is 5.75 Å². The third-order valence-electron chi connectivity index (χ3n) is 1.21. The Balaban J connectivity index is 3.04. The van der Waals surface area contributed by atoms with Gasteiger partial charge in [-0.05, 0) is 46.3 Å². The van der Waals surface area contributed by atoms with Crippen LogP contribution in [0.3, 0.4) is 0 Å². The zero-order chi connectivity index (χ0) is 7.56. The van der Waals surface area contributed by atoms with Gasteiger partial charge in [0.25, 0.3) is 0 Å². The van der Waals surface area contributed by atoms with Crippen molar-refractivity contribution in [2.45, 2.75) is 6.04 Å². The van der Waals surface area contributed by atoms with Crippen LogP contribution in [0.25, 0.3) is 0 Å². The average Bonchev–Trinajstić information content (AvgIpc) is 1.95. The lowest BCUT2D eigenvalue weighted by Crippen LogP contribution is -1.83. The van der Waals surface area contributed by atoms with Crippen molar-refractivity contribution in [2.24, 2.45) is 0 Å². The average molecular weight is 261 g/mol. The highest BCUT2D eigenvalue weighted by Crippen LogP contribution is 2.19. The normalized spacial score (nSPS) is 9.80. The molecule has 1 aromatic carbocycles. The van der Waals surface area contributed by atoms with E-state index in [1.807, 2.05) is 12.1 Å². The van der Waals surface area contributed by atoms with Gasteiger partial charge in [0.1, 0.15) is 5.75 Å². The van der Waals surface area contributed by atoms with Crippen molar-refractivity contribution in [1.29, 1.82) is 0 Å². The van der Waals surface area contributed by atoms with E-state index in [0.717, 1.165) is 15.2 Å². The first-order valence-electron chi connectivity index (χ1n) is 2.86. The largest absolute Gasteiger partial charge is 0.507 e. The van der Waals surface area contributed by atoms with Gasteiger partial charge in [0, 0.05) is 10.2 Å². The van der Waals surface area contributed by atoms with Crippen LogP contribution in [0.1, 0.15) is 5.56 Å². The Morgan fingerprint density at radius 1 is 1.50 bits per heavy atom. The molecule has 0 spiro atoms. The highest BCUT2D eigenvalue weighted by Gasteiger charge is 1.96. The molecule has 0 saturated heterocycles. The van der Waals surface area contributed by atoms with Crippen LogP contribution in [0.15, 0.2) is 18.2 Å². The second-order valence-electron chi connectivity index (χ2n) is 1.96. The van der Waals surface area contributed by atoms with Crippen LogP contribution < -0.4 is 0 Å². The summed E-state index contributed by atoms with van der Waals surface area (Å²) in [5, 5.41) is 9.20. The Morgan fingerprint density at radius 3 is 2.70 bits per heavy atom. The molecule has 0 bridgehead atoms. The highest BCUT2D eigenvalue weighted by atomic mass is 127. The second-order valence-corrected chi connectivity index (χ2v) is 3.48. The van der Waals surface area contributed by atoms with Crippen molar-refractivity contribution in [1.82, 2.24) is 0 Å². The van der Waals surface area contributed by atoms with Crippen molar-refractivity contribution in [3.8, 4) is 5.75 Å². The molecule has 0 saturated carbocycles. The molecule has 51 valence electrons. The van der Waals surface area contributed by atoms with Gasteiger partial charge in [0.05, 0.1) is 3.57 Å². The Labute approximate surface area is 77.0 Å². The lowest BCUT2D eigenvalue weighted by Gasteiger charge is -1.98. The number of hydrogen-bond donors (Lipinski definition) is 1. The van der Waals surface area contributed by atoms with E-state index in [4.69, 9.17) is 0 Å². The first kappa shape index (κ1) is 8.07. The lowest BCUT2D eigenvalue weighted by molar-refractivity contribution is 0.471. The second kappa shape index (κ2) is 3.38. The summed E-state index contributed by atoms with van der Waals surface area (Å²) in [4.78, 5) is 0. The highest BCUT2D eigenvalue weighted by molar-refractivity contribution is 14.1. The predicted molar refractivity (Wildman–Crippen MR) is 50.3 cm³/mol. The molecule has 0 aromatic heterocycles. The van der Waals surface area contributed by atoms with E-state index in [2.05, 4.69) is 32.8 Å². The van der Waals surface area contributed by atoms with Crippen molar-refractivity contribution < 1.29 is 5.11 Å². The van der Waals surface area contributed by atoms with Crippen LogP contribution in [-0.2, 0) is 6.04 Å². The molecule has 0 aliphatic carbocycles. The summed E-state index contributed by atoms with van der Waals surface area (Å²) in [6.07, 6.45) is 0. The summed E-state index contributed by atoms with van der Waals surface area (Å²) in [6.45, 7) is 0. The van der Waals surface area contributed by atoms with Crippen LogP contribution in [0, 0.1) is 3.57 Å². The lowest BCUT2D eigenvalue weighted by atomic mass is 10.2. The van der Waals surface area contributed by atoms with Gasteiger partial charge in [-0.2, -0.15) is 0 Å². The smallest absolute Gasteiger partial charge is 0.129 e. The van der Waals surface area contributed by atoms with E-state index in [0.29, 0.717) is 5.75 Å². The van der Waals surface area contributed by atoms with Crippen molar-refractivity contribution in [2.75, 3.05) is 0 Å². The van der Waals surface area contributed by atoms with Gasteiger partial charge < -0.3 is 5.11 Å². The summed E-state index contributed by atoms with van der Waals surface area (Å²) >= 11 is 2.09. The summed E-state index contributed by atoms with van der Waals surface area (Å²) in [6, 6.07) is 6.42. The first-order chi connectivity index (χ1) is 4.74. The van der Waals surface area contributed by atoms with E-state index >= 15 is 0 Å². The number of rotatable bonds is 1. The number of phenolic OH excluding ortho intramolecular Hbond substituents is 1. The molecule has 10 heavy (non-hydrogen) atoms. The zero-order valence-electron chi connectivity index (χ0n) is 5.26. The Bertz CT molecular complexity index is 237. The summed E-state index contributed by atoms with van der Waals surface area (Å²) < 4.78 is 0.890. The third-order valence-corrected chi connectivity index (χ3v) is 2.54. The maximum Gasteiger partial charge on any atom is 0.129 e. The Kier molecular flexibility index (Phi) is 2.73. The molecule has 0 amide bonds. The molecule has 1 N–H and O–H groups in total. The third kappa shape index (κ3) is 1.73. The van der Waals surface area contributed by atoms with Gasteiger partial charge in [0.2, 0.25) is 0 Å². The van der Waals surface area contributed by atoms with Crippen molar-refractivity contribution >= 4 is 32.8 Å². The summed E-state index contributed by atoms with van der Waals surface area (Å²) in [5.74, 6) is 0.358. The maximum absolute atomic E-state index is 9.20. The maximum atomic E-state index is 9.20. The minimum absolute atomic E-state index is 0.358. The van der Waals surface area contributed by atoms with Gasteiger partial charge in [-0.25, -0.2) is 0 Å². The molecule has 0 unspecified atom stereocenters. The van der Waals surface area contributed by atoms with E-state index < -0.39 is 0 Å². The Hall–Kier alpha value is -0.0331.